The molecule has 0 radical (unpaired) electrons. The van der Waals surface area contributed by atoms with Crippen molar-refractivity contribution < 1.29 is 15.0 Å². The first-order chi connectivity index (χ1) is 7.51. The molecule has 4 nitrogen and oxygen atoms in total. The van der Waals surface area contributed by atoms with Crippen LogP contribution in [-0.2, 0) is 4.79 Å². The van der Waals surface area contributed by atoms with Crippen LogP contribution in [0.1, 0.15) is 12.0 Å². The van der Waals surface area contributed by atoms with Crippen LogP contribution in [0.2, 0.25) is 0 Å². The first-order valence-electron chi connectivity index (χ1n) is 5.29. The summed E-state index contributed by atoms with van der Waals surface area (Å²) < 4.78 is 0. The Morgan fingerprint density at radius 1 is 1.38 bits per heavy atom. The SMILES string of the molecule is Cc1ccc(N2CCC(O)(C(=O)O)C2)cc1. The van der Waals surface area contributed by atoms with E-state index in [0.29, 0.717) is 6.54 Å². The molecule has 1 aromatic rings. The van der Waals surface area contributed by atoms with Gasteiger partial charge in [-0.25, -0.2) is 4.79 Å². The summed E-state index contributed by atoms with van der Waals surface area (Å²) in [7, 11) is 0. The van der Waals surface area contributed by atoms with Gasteiger partial charge in [0.25, 0.3) is 0 Å². The lowest BCUT2D eigenvalue weighted by atomic mass is 10.0. The second-order valence-corrected chi connectivity index (χ2v) is 4.34. The van der Waals surface area contributed by atoms with Gasteiger partial charge in [0.15, 0.2) is 5.60 Å². The molecule has 1 heterocycles. The van der Waals surface area contributed by atoms with Crippen molar-refractivity contribution in [1.82, 2.24) is 0 Å². The number of carboxylic acid groups (broad SMARTS) is 1. The third-order valence-electron chi connectivity index (χ3n) is 3.04. The van der Waals surface area contributed by atoms with Gasteiger partial charge >= 0.3 is 5.97 Å². The molecule has 1 saturated heterocycles. The molecule has 1 atom stereocenters. The molecule has 16 heavy (non-hydrogen) atoms. The Balaban J connectivity index is 2.15. The van der Waals surface area contributed by atoms with E-state index in [1.807, 2.05) is 36.1 Å². The van der Waals surface area contributed by atoms with Crippen LogP contribution in [0.25, 0.3) is 0 Å². The second kappa shape index (κ2) is 3.79. The number of hydrogen-bond acceptors (Lipinski definition) is 3. The molecule has 2 rings (SSSR count). The highest BCUT2D eigenvalue weighted by Crippen LogP contribution is 2.27. The zero-order valence-electron chi connectivity index (χ0n) is 9.18. The Hall–Kier alpha value is -1.55. The maximum atomic E-state index is 10.9. The fourth-order valence-corrected chi connectivity index (χ4v) is 1.94. The molecule has 86 valence electrons. The van der Waals surface area contributed by atoms with E-state index in [9.17, 15) is 9.90 Å². The van der Waals surface area contributed by atoms with Crippen LogP contribution >= 0.6 is 0 Å². The Morgan fingerprint density at radius 2 is 2.00 bits per heavy atom. The molecular weight excluding hydrogens is 206 g/mol. The smallest absolute Gasteiger partial charge is 0.337 e. The summed E-state index contributed by atoms with van der Waals surface area (Å²) in [6.45, 7) is 2.73. The van der Waals surface area contributed by atoms with E-state index >= 15 is 0 Å². The largest absolute Gasteiger partial charge is 0.479 e. The van der Waals surface area contributed by atoms with Crippen molar-refractivity contribution in [2.24, 2.45) is 0 Å². The molecular formula is C12H15NO3. The number of hydrogen-bond donors (Lipinski definition) is 2. The van der Waals surface area contributed by atoms with E-state index in [4.69, 9.17) is 5.11 Å². The average molecular weight is 221 g/mol. The lowest BCUT2D eigenvalue weighted by Crippen LogP contribution is -2.41. The van der Waals surface area contributed by atoms with Gasteiger partial charge in [-0.3, -0.25) is 0 Å². The van der Waals surface area contributed by atoms with E-state index in [2.05, 4.69) is 0 Å². The van der Waals surface area contributed by atoms with Gasteiger partial charge in [0.2, 0.25) is 0 Å². The highest BCUT2D eigenvalue weighted by Gasteiger charge is 2.43. The fraction of sp³-hybridized carbons (Fsp3) is 0.417. The third-order valence-corrected chi connectivity index (χ3v) is 3.04. The molecule has 1 fully saturated rings. The maximum Gasteiger partial charge on any atom is 0.337 e. The van der Waals surface area contributed by atoms with Crippen molar-refractivity contribution in [3.05, 3.63) is 29.8 Å². The molecule has 1 aliphatic heterocycles. The van der Waals surface area contributed by atoms with Gasteiger partial charge in [0.1, 0.15) is 0 Å². The minimum Gasteiger partial charge on any atom is -0.479 e. The Bertz CT molecular complexity index is 401. The van der Waals surface area contributed by atoms with Crippen LogP contribution < -0.4 is 4.90 Å². The minimum absolute atomic E-state index is 0.158. The summed E-state index contributed by atoms with van der Waals surface area (Å²) in [5.74, 6) is -1.14. The van der Waals surface area contributed by atoms with Crippen molar-refractivity contribution in [1.29, 1.82) is 0 Å². The molecule has 1 unspecified atom stereocenters. The second-order valence-electron chi connectivity index (χ2n) is 4.34. The molecule has 0 spiro atoms. The summed E-state index contributed by atoms with van der Waals surface area (Å²) in [5.41, 5.74) is 0.532. The Kier molecular flexibility index (Phi) is 2.59. The third kappa shape index (κ3) is 1.88. The molecule has 4 heteroatoms. The number of anilines is 1. The quantitative estimate of drug-likeness (QED) is 0.782. The van der Waals surface area contributed by atoms with Gasteiger partial charge in [-0.2, -0.15) is 0 Å². The highest BCUT2D eigenvalue weighted by molar-refractivity contribution is 5.79. The van der Waals surface area contributed by atoms with Crippen LogP contribution in [-0.4, -0.2) is 34.9 Å². The summed E-state index contributed by atoms with van der Waals surface area (Å²) in [5, 5.41) is 18.7. The van der Waals surface area contributed by atoms with Gasteiger partial charge in [-0.05, 0) is 19.1 Å². The number of benzene rings is 1. The predicted octanol–water partition coefficient (Wildman–Crippen LogP) is 1.02. The van der Waals surface area contributed by atoms with Gasteiger partial charge in [0, 0.05) is 18.7 Å². The number of aliphatic carboxylic acids is 1. The highest BCUT2D eigenvalue weighted by atomic mass is 16.4. The van der Waals surface area contributed by atoms with Gasteiger partial charge < -0.3 is 15.1 Å². The number of carboxylic acids is 1. The summed E-state index contributed by atoms with van der Waals surface area (Å²) >= 11 is 0. The fourth-order valence-electron chi connectivity index (χ4n) is 1.94. The topological polar surface area (TPSA) is 60.8 Å². The van der Waals surface area contributed by atoms with E-state index in [1.165, 1.54) is 0 Å². The number of rotatable bonds is 2. The van der Waals surface area contributed by atoms with E-state index in [-0.39, 0.29) is 13.0 Å². The Morgan fingerprint density at radius 3 is 2.50 bits per heavy atom. The van der Waals surface area contributed by atoms with Gasteiger partial charge in [-0.15, -0.1) is 0 Å². The molecule has 1 aromatic carbocycles. The Labute approximate surface area is 94.1 Å². The zero-order valence-corrected chi connectivity index (χ0v) is 9.18. The molecule has 0 saturated carbocycles. The average Bonchev–Trinajstić information content (AvgIpc) is 2.63. The van der Waals surface area contributed by atoms with E-state index < -0.39 is 11.6 Å². The number of aliphatic hydroxyl groups is 1. The molecule has 0 aromatic heterocycles. The van der Waals surface area contributed by atoms with Crippen LogP contribution in [0.15, 0.2) is 24.3 Å². The summed E-state index contributed by atoms with van der Waals surface area (Å²) in [4.78, 5) is 12.8. The normalized spacial score (nSPS) is 24.8. The number of aryl methyl sites for hydroxylation is 1. The van der Waals surface area contributed by atoms with Crippen LogP contribution in [0, 0.1) is 6.92 Å². The predicted molar refractivity (Wildman–Crippen MR) is 60.6 cm³/mol. The van der Waals surface area contributed by atoms with Crippen LogP contribution in [0.4, 0.5) is 5.69 Å². The van der Waals surface area contributed by atoms with E-state index in [1.54, 1.807) is 0 Å². The van der Waals surface area contributed by atoms with Crippen LogP contribution in [0.3, 0.4) is 0 Å². The standard InChI is InChI=1S/C12H15NO3/c1-9-2-4-10(5-3-9)13-7-6-12(16,8-13)11(14)15/h2-5,16H,6-8H2,1H3,(H,14,15). The number of nitrogens with zero attached hydrogens (tertiary/aromatic N) is 1. The first kappa shape index (κ1) is 11.0. The lowest BCUT2D eigenvalue weighted by Gasteiger charge is -2.20. The van der Waals surface area contributed by atoms with Crippen LogP contribution in [0.5, 0.6) is 0 Å². The first-order valence-corrected chi connectivity index (χ1v) is 5.29. The number of β-amino-alcohol motifs (C(OH)–C–C–N with tert-alkyl or cyclic N) is 1. The summed E-state index contributed by atoms with van der Waals surface area (Å²) in [6.07, 6.45) is 0.274. The van der Waals surface area contributed by atoms with Crippen molar-refractivity contribution in [3.63, 3.8) is 0 Å². The zero-order chi connectivity index (χ0) is 11.8. The van der Waals surface area contributed by atoms with Crippen molar-refractivity contribution >= 4 is 11.7 Å². The molecule has 0 amide bonds. The lowest BCUT2D eigenvalue weighted by molar-refractivity contribution is -0.156. The van der Waals surface area contributed by atoms with E-state index in [0.717, 1.165) is 11.3 Å². The molecule has 0 bridgehead atoms. The van der Waals surface area contributed by atoms with Gasteiger partial charge in [-0.1, -0.05) is 17.7 Å². The van der Waals surface area contributed by atoms with Gasteiger partial charge in [0.05, 0.1) is 6.54 Å². The monoisotopic (exact) mass is 221 g/mol. The van der Waals surface area contributed by atoms with Crippen molar-refractivity contribution in [2.45, 2.75) is 18.9 Å². The maximum absolute atomic E-state index is 10.9. The summed E-state index contributed by atoms with van der Waals surface area (Å²) in [6, 6.07) is 7.85. The molecule has 1 aliphatic rings. The van der Waals surface area contributed by atoms with Crippen molar-refractivity contribution in [2.75, 3.05) is 18.0 Å². The minimum atomic E-state index is -1.59. The molecule has 0 aliphatic carbocycles. The molecule has 2 N–H and O–H groups in total. The number of carbonyl (C=O) groups is 1. The van der Waals surface area contributed by atoms with Crippen molar-refractivity contribution in [3.8, 4) is 0 Å².